The maximum atomic E-state index is 10.8. The molecule has 0 unspecified atom stereocenters. The highest BCUT2D eigenvalue weighted by atomic mass is 28.4. The van der Waals surface area contributed by atoms with E-state index in [1.54, 1.807) is 0 Å². The maximum Gasteiger partial charge on any atom is 0.584 e. The lowest BCUT2D eigenvalue weighted by molar-refractivity contribution is -0.343. The molecule has 0 aromatic carbocycles. The second-order valence-corrected chi connectivity index (χ2v) is 5.00. The Hall–Kier alpha value is -0.353. The van der Waals surface area contributed by atoms with Crippen LogP contribution in [0.4, 0.5) is 0 Å². The molecule has 0 aliphatic carbocycles. The van der Waals surface area contributed by atoms with Gasteiger partial charge in [0.2, 0.25) is 0 Å². The minimum absolute atomic E-state index is 0.0222. The zero-order chi connectivity index (χ0) is 11.7. The molecule has 0 aromatic rings. The van der Waals surface area contributed by atoms with Crippen molar-refractivity contribution in [2.45, 2.75) is 19.4 Å². The number of carbonyl (C=O) groups excluding carboxylic acids is 1. The molecule has 0 spiro atoms. The van der Waals surface area contributed by atoms with Crippen LogP contribution in [0, 0.1) is 0 Å². The van der Waals surface area contributed by atoms with Gasteiger partial charge in [-0.1, -0.05) is 0 Å². The molecule has 0 bridgehead atoms. The van der Waals surface area contributed by atoms with Gasteiger partial charge in [0.1, 0.15) is 5.78 Å². The van der Waals surface area contributed by atoms with E-state index in [1.807, 2.05) is 0 Å². The molecule has 0 saturated heterocycles. The summed E-state index contributed by atoms with van der Waals surface area (Å²) in [5.41, 5.74) is 0. The third-order valence-electron chi connectivity index (χ3n) is 1.41. The van der Waals surface area contributed by atoms with Crippen molar-refractivity contribution in [3.05, 3.63) is 0 Å². The highest BCUT2D eigenvalue weighted by molar-refractivity contribution is 6.60. The Kier molecular flexibility index (Phi) is 7.69. The zero-order valence-corrected chi connectivity index (χ0v) is 10.3. The van der Waals surface area contributed by atoms with Crippen molar-refractivity contribution in [1.82, 2.24) is 0 Å². The number of hydrogen-bond acceptors (Lipinski definition) is 7. The summed E-state index contributed by atoms with van der Waals surface area (Å²) in [4.78, 5) is 24.3. The highest BCUT2D eigenvalue weighted by Gasteiger charge is 2.46. The van der Waals surface area contributed by atoms with Crippen molar-refractivity contribution in [2.24, 2.45) is 0 Å². The molecule has 0 amide bonds. The first kappa shape index (κ1) is 14.6. The Morgan fingerprint density at radius 3 is 1.67 bits per heavy atom. The van der Waals surface area contributed by atoms with Crippen LogP contribution in [-0.4, -0.2) is 35.9 Å². The number of hydrogen-bond donors (Lipinski definition) is 0. The largest absolute Gasteiger partial charge is 0.584 e. The van der Waals surface area contributed by atoms with Crippen LogP contribution >= 0.6 is 0 Å². The molecule has 15 heavy (non-hydrogen) atoms. The summed E-state index contributed by atoms with van der Waals surface area (Å²) in [5, 5.41) is 0. The second kappa shape index (κ2) is 7.88. The summed E-state index contributed by atoms with van der Waals surface area (Å²) < 4.78 is 14.6. The molecule has 0 N–H and O–H groups in total. The topological polar surface area (TPSA) is 72.5 Å². The summed E-state index contributed by atoms with van der Waals surface area (Å²) in [6.45, 7) is 1.45. The Morgan fingerprint density at radius 2 is 1.40 bits per heavy atom. The minimum Gasteiger partial charge on any atom is -0.300 e. The van der Waals surface area contributed by atoms with E-state index in [0.29, 0.717) is 0 Å². The average molecular weight is 240 g/mol. The molecule has 90 valence electrons. The molecule has 0 aliphatic rings. The first-order chi connectivity index (χ1) is 7.10. The fourth-order valence-corrected chi connectivity index (χ4v) is 2.63. The average Bonchev–Trinajstić information content (AvgIpc) is 2.16. The standard InChI is InChI=1S/C7H16O7Si/c1-7(8)5-6-15(12-9-2,13-10-3)14-11-4/h5-6H2,1-4H3. The van der Waals surface area contributed by atoms with E-state index in [1.165, 1.54) is 28.3 Å². The van der Waals surface area contributed by atoms with Gasteiger partial charge in [-0.2, -0.15) is 0 Å². The van der Waals surface area contributed by atoms with Crippen molar-refractivity contribution >= 4 is 14.6 Å². The van der Waals surface area contributed by atoms with Gasteiger partial charge in [-0.3, -0.25) is 0 Å². The molecule has 0 heterocycles. The van der Waals surface area contributed by atoms with Crippen LogP contribution in [0.3, 0.4) is 0 Å². The zero-order valence-electron chi connectivity index (χ0n) is 9.27. The SMILES string of the molecule is COO[Si](CCC(C)=O)(OOC)OOC. The van der Waals surface area contributed by atoms with Gasteiger partial charge in [0.05, 0.1) is 21.3 Å². The van der Waals surface area contributed by atoms with Crippen LogP contribution in [0.5, 0.6) is 0 Å². The summed E-state index contributed by atoms with van der Waals surface area (Å²) in [6, 6.07) is 0.206. The molecule has 0 saturated carbocycles. The number of rotatable bonds is 9. The van der Waals surface area contributed by atoms with E-state index >= 15 is 0 Å². The van der Waals surface area contributed by atoms with Crippen molar-refractivity contribution in [3.63, 3.8) is 0 Å². The Bertz CT molecular complexity index is 169. The van der Waals surface area contributed by atoms with Crippen molar-refractivity contribution in [3.8, 4) is 0 Å². The lowest BCUT2D eigenvalue weighted by Crippen LogP contribution is -2.45. The predicted octanol–water partition coefficient (Wildman–Crippen LogP) is 0.638. The number of carbonyl (C=O) groups is 1. The van der Waals surface area contributed by atoms with Gasteiger partial charge in [0, 0.05) is 12.5 Å². The lowest BCUT2D eigenvalue weighted by atomic mass is 10.4. The third-order valence-corrected chi connectivity index (χ3v) is 3.54. The van der Waals surface area contributed by atoms with Crippen LogP contribution in [0.25, 0.3) is 0 Å². The van der Waals surface area contributed by atoms with E-state index in [4.69, 9.17) is 13.7 Å². The molecule has 0 radical (unpaired) electrons. The molecular formula is C7H16O7Si. The molecule has 0 fully saturated rings. The van der Waals surface area contributed by atoms with Crippen LogP contribution in [0.15, 0.2) is 0 Å². The fraction of sp³-hybridized carbons (Fsp3) is 0.857. The Balaban J connectivity index is 4.37. The van der Waals surface area contributed by atoms with Gasteiger partial charge < -0.3 is 4.79 Å². The molecule has 0 rings (SSSR count). The maximum absolute atomic E-state index is 10.8. The number of Topliss-reactive ketones (excluding diaryl/α,β-unsaturated/α-hetero) is 1. The van der Waals surface area contributed by atoms with E-state index in [9.17, 15) is 4.79 Å². The summed E-state index contributed by atoms with van der Waals surface area (Å²) in [5.74, 6) is -0.0222. The van der Waals surface area contributed by atoms with Gasteiger partial charge >= 0.3 is 8.80 Å². The second-order valence-electron chi connectivity index (χ2n) is 2.64. The Morgan fingerprint density at radius 1 is 1.00 bits per heavy atom. The van der Waals surface area contributed by atoms with E-state index < -0.39 is 8.80 Å². The first-order valence-electron chi connectivity index (χ1n) is 4.25. The van der Waals surface area contributed by atoms with Crippen molar-refractivity contribution in [2.75, 3.05) is 21.3 Å². The smallest absolute Gasteiger partial charge is 0.300 e. The quantitative estimate of drug-likeness (QED) is 0.332. The van der Waals surface area contributed by atoms with Crippen molar-refractivity contribution in [1.29, 1.82) is 0 Å². The first-order valence-corrected chi connectivity index (χ1v) is 6.18. The third kappa shape index (κ3) is 5.94. The fourth-order valence-electron chi connectivity index (χ4n) is 0.877. The highest BCUT2D eigenvalue weighted by Crippen LogP contribution is 2.18. The Labute approximate surface area is 89.3 Å². The van der Waals surface area contributed by atoms with E-state index in [2.05, 4.69) is 14.7 Å². The van der Waals surface area contributed by atoms with Gasteiger partial charge in [-0.05, 0) is 6.92 Å². The summed E-state index contributed by atoms with van der Waals surface area (Å²) in [7, 11) is 0.652. The van der Waals surface area contributed by atoms with Gasteiger partial charge in [0.15, 0.2) is 0 Å². The van der Waals surface area contributed by atoms with Crippen LogP contribution < -0.4 is 0 Å². The molecule has 7 nitrogen and oxygen atoms in total. The van der Waals surface area contributed by atoms with Gasteiger partial charge in [0.25, 0.3) is 0 Å². The molecular weight excluding hydrogens is 224 g/mol. The lowest BCUT2D eigenvalue weighted by Gasteiger charge is -2.23. The van der Waals surface area contributed by atoms with Crippen LogP contribution in [0.1, 0.15) is 13.3 Å². The van der Waals surface area contributed by atoms with E-state index in [0.717, 1.165) is 0 Å². The van der Waals surface area contributed by atoms with Gasteiger partial charge in [-0.25, -0.2) is 28.4 Å². The minimum atomic E-state index is -3.25. The van der Waals surface area contributed by atoms with E-state index in [-0.39, 0.29) is 18.2 Å². The number of ketones is 1. The summed E-state index contributed by atoms with van der Waals surface area (Å²) in [6.07, 6.45) is 0.225. The molecule has 8 heteroatoms. The monoisotopic (exact) mass is 240 g/mol. The predicted molar refractivity (Wildman–Crippen MR) is 50.1 cm³/mol. The van der Waals surface area contributed by atoms with Gasteiger partial charge in [-0.15, -0.1) is 0 Å². The summed E-state index contributed by atoms with van der Waals surface area (Å²) >= 11 is 0. The normalized spacial score (nSPS) is 11.7. The van der Waals surface area contributed by atoms with Crippen molar-refractivity contribution < 1.29 is 33.2 Å². The van der Waals surface area contributed by atoms with Crippen LogP contribution in [0.2, 0.25) is 6.04 Å². The molecule has 0 aliphatic heterocycles. The molecule has 0 aromatic heterocycles. The van der Waals surface area contributed by atoms with Crippen LogP contribution in [-0.2, 0) is 33.2 Å². The molecule has 0 atom stereocenters.